The van der Waals surface area contributed by atoms with Crippen LogP contribution >= 0.6 is 0 Å². The first-order valence-corrected chi connectivity index (χ1v) is 6.97. The molecule has 0 unspecified atom stereocenters. The highest BCUT2D eigenvalue weighted by atomic mass is 32.2. The molecule has 0 spiro atoms. The van der Waals surface area contributed by atoms with Gasteiger partial charge in [-0.3, -0.25) is 0 Å². The molecule has 0 aliphatic heterocycles. The second-order valence-corrected chi connectivity index (χ2v) is 6.90. The molecule has 0 atom stereocenters. The standard InChI is InChI=1S/C5H10O5S2/c1-11(7,8)4-5-12(9,10)3-2-6/h2H,3-5H2,1H3. The fraction of sp³-hybridized carbons (Fsp3) is 0.800. The third-order valence-electron chi connectivity index (χ3n) is 1.09. The lowest BCUT2D eigenvalue weighted by Crippen LogP contribution is -2.19. The lowest BCUT2D eigenvalue weighted by atomic mass is 10.9. The van der Waals surface area contributed by atoms with Gasteiger partial charge in [0.25, 0.3) is 0 Å². The van der Waals surface area contributed by atoms with E-state index in [1.54, 1.807) is 0 Å². The van der Waals surface area contributed by atoms with E-state index in [-0.39, 0.29) is 6.29 Å². The number of sulfone groups is 2. The number of hydrogen-bond donors (Lipinski definition) is 0. The Balaban J connectivity index is 4.20. The van der Waals surface area contributed by atoms with Crippen LogP contribution < -0.4 is 0 Å². The van der Waals surface area contributed by atoms with Crippen LogP contribution in [0, 0.1) is 0 Å². The van der Waals surface area contributed by atoms with Crippen molar-refractivity contribution in [3.63, 3.8) is 0 Å². The van der Waals surface area contributed by atoms with E-state index in [0.717, 1.165) is 6.26 Å². The summed E-state index contributed by atoms with van der Waals surface area (Å²) in [6, 6.07) is 0. The van der Waals surface area contributed by atoms with Crippen LogP contribution in [-0.4, -0.2) is 46.6 Å². The summed E-state index contributed by atoms with van der Waals surface area (Å²) >= 11 is 0. The predicted octanol–water partition coefficient (Wildman–Crippen LogP) is -1.36. The van der Waals surface area contributed by atoms with Crippen LogP contribution in [0.2, 0.25) is 0 Å². The highest BCUT2D eigenvalue weighted by molar-refractivity contribution is 7.95. The molecule has 0 aliphatic carbocycles. The SMILES string of the molecule is CS(=O)(=O)CCS(=O)(=O)CC=O. The molecule has 0 aromatic heterocycles. The largest absolute Gasteiger partial charge is 0.302 e. The summed E-state index contributed by atoms with van der Waals surface area (Å²) < 4.78 is 42.6. The van der Waals surface area contributed by atoms with Gasteiger partial charge < -0.3 is 4.79 Å². The van der Waals surface area contributed by atoms with Gasteiger partial charge in [0.15, 0.2) is 9.84 Å². The Kier molecular flexibility index (Phi) is 3.85. The fourth-order valence-electron chi connectivity index (χ4n) is 0.465. The van der Waals surface area contributed by atoms with Gasteiger partial charge in [-0.15, -0.1) is 0 Å². The van der Waals surface area contributed by atoms with Crippen LogP contribution in [0.25, 0.3) is 0 Å². The maximum Gasteiger partial charge on any atom is 0.158 e. The molecule has 72 valence electrons. The summed E-state index contributed by atoms with van der Waals surface area (Å²) in [6.07, 6.45) is 1.20. The molecule has 0 saturated carbocycles. The maximum atomic E-state index is 10.8. The molecule has 7 heteroatoms. The molecule has 0 amide bonds. The zero-order valence-electron chi connectivity index (χ0n) is 6.56. The smallest absolute Gasteiger partial charge is 0.158 e. The molecule has 0 saturated heterocycles. The molecule has 0 aromatic carbocycles. The number of rotatable bonds is 5. The molecule has 0 radical (unpaired) electrons. The Bertz CT molecular complexity index is 336. The Morgan fingerprint density at radius 2 is 1.58 bits per heavy atom. The summed E-state index contributed by atoms with van der Waals surface area (Å²) in [5.74, 6) is -1.52. The zero-order valence-corrected chi connectivity index (χ0v) is 8.19. The summed E-state index contributed by atoms with van der Waals surface area (Å²) in [4.78, 5) is 9.82. The van der Waals surface area contributed by atoms with Crippen LogP contribution in [0.15, 0.2) is 0 Å². The van der Waals surface area contributed by atoms with Crippen molar-refractivity contribution in [2.75, 3.05) is 23.5 Å². The zero-order chi connectivity index (χ0) is 9.83. The third-order valence-corrected chi connectivity index (χ3v) is 3.76. The number of aldehydes is 1. The van der Waals surface area contributed by atoms with Gasteiger partial charge in [0.1, 0.15) is 21.9 Å². The highest BCUT2D eigenvalue weighted by Gasteiger charge is 2.13. The van der Waals surface area contributed by atoms with E-state index in [2.05, 4.69) is 0 Å². The molecular formula is C5H10O5S2. The topological polar surface area (TPSA) is 85.3 Å². The molecule has 0 N–H and O–H groups in total. The fourth-order valence-corrected chi connectivity index (χ4v) is 3.07. The number of hydrogen-bond acceptors (Lipinski definition) is 5. The van der Waals surface area contributed by atoms with E-state index >= 15 is 0 Å². The Morgan fingerprint density at radius 3 is 1.92 bits per heavy atom. The molecule has 0 aromatic rings. The van der Waals surface area contributed by atoms with Gasteiger partial charge in [0, 0.05) is 6.26 Å². The minimum Gasteiger partial charge on any atom is -0.302 e. The van der Waals surface area contributed by atoms with E-state index < -0.39 is 36.9 Å². The average Bonchev–Trinajstić information content (AvgIpc) is 1.83. The first-order valence-electron chi connectivity index (χ1n) is 3.08. The molecule has 0 aliphatic rings. The van der Waals surface area contributed by atoms with E-state index in [4.69, 9.17) is 0 Å². The third kappa shape index (κ3) is 6.29. The van der Waals surface area contributed by atoms with Crippen LogP contribution in [0.4, 0.5) is 0 Å². The van der Waals surface area contributed by atoms with Crippen molar-refractivity contribution in [1.29, 1.82) is 0 Å². The van der Waals surface area contributed by atoms with Gasteiger partial charge >= 0.3 is 0 Å². The van der Waals surface area contributed by atoms with Crippen LogP contribution in [-0.2, 0) is 24.5 Å². The normalized spacial score (nSPS) is 12.8. The van der Waals surface area contributed by atoms with E-state index in [9.17, 15) is 21.6 Å². The quantitative estimate of drug-likeness (QED) is 0.528. The number of carbonyl (C=O) groups excluding carboxylic acids is 1. The molecule has 5 nitrogen and oxygen atoms in total. The van der Waals surface area contributed by atoms with Crippen LogP contribution in [0.1, 0.15) is 0 Å². The second-order valence-electron chi connectivity index (χ2n) is 2.41. The highest BCUT2D eigenvalue weighted by Crippen LogP contribution is 1.91. The summed E-state index contributed by atoms with van der Waals surface area (Å²) in [7, 11) is -6.78. The molecule has 0 rings (SSSR count). The summed E-state index contributed by atoms with van der Waals surface area (Å²) in [6.45, 7) is 0. The van der Waals surface area contributed by atoms with Crippen molar-refractivity contribution in [2.45, 2.75) is 0 Å². The average molecular weight is 214 g/mol. The van der Waals surface area contributed by atoms with Gasteiger partial charge in [-0.2, -0.15) is 0 Å². The second kappa shape index (κ2) is 3.99. The Hall–Kier alpha value is -0.430. The maximum absolute atomic E-state index is 10.8. The van der Waals surface area contributed by atoms with Gasteiger partial charge in [-0.1, -0.05) is 0 Å². The van der Waals surface area contributed by atoms with Crippen molar-refractivity contribution < 1.29 is 21.6 Å². The summed E-state index contributed by atoms with van der Waals surface area (Å²) in [5, 5.41) is 0. The minimum atomic E-state index is -3.51. The van der Waals surface area contributed by atoms with E-state index in [1.165, 1.54) is 0 Å². The van der Waals surface area contributed by atoms with Crippen molar-refractivity contribution in [3.8, 4) is 0 Å². The molecule has 0 heterocycles. The van der Waals surface area contributed by atoms with E-state index in [0.29, 0.717) is 0 Å². The summed E-state index contributed by atoms with van der Waals surface area (Å²) in [5.41, 5.74) is 0. The van der Waals surface area contributed by atoms with Gasteiger partial charge in [-0.25, -0.2) is 16.8 Å². The molecule has 0 bridgehead atoms. The lowest BCUT2D eigenvalue weighted by Gasteiger charge is -1.97. The molecule has 12 heavy (non-hydrogen) atoms. The first-order chi connectivity index (χ1) is 5.27. The Labute approximate surface area is 71.6 Å². The Morgan fingerprint density at radius 1 is 1.08 bits per heavy atom. The van der Waals surface area contributed by atoms with E-state index in [1.807, 2.05) is 0 Å². The minimum absolute atomic E-state index is 0.248. The van der Waals surface area contributed by atoms with Crippen molar-refractivity contribution >= 4 is 26.0 Å². The van der Waals surface area contributed by atoms with Gasteiger partial charge in [0.2, 0.25) is 0 Å². The molecular weight excluding hydrogens is 204 g/mol. The van der Waals surface area contributed by atoms with Crippen LogP contribution in [0.3, 0.4) is 0 Å². The van der Waals surface area contributed by atoms with Crippen molar-refractivity contribution in [1.82, 2.24) is 0 Å². The molecule has 0 fully saturated rings. The van der Waals surface area contributed by atoms with Crippen molar-refractivity contribution in [3.05, 3.63) is 0 Å². The monoisotopic (exact) mass is 214 g/mol. The predicted molar refractivity (Wildman–Crippen MR) is 44.4 cm³/mol. The first kappa shape index (κ1) is 11.6. The van der Waals surface area contributed by atoms with Gasteiger partial charge in [0.05, 0.1) is 11.5 Å². The number of carbonyl (C=O) groups is 1. The lowest BCUT2D eigenvalue weighted by molar-refractivity contribution is -0.105. The van der Waals surface area contributed by atoms with Crippen molar-refractivity contribution in [2.24, 2.45) is 0 Å². The van der Waals surface area contributed by atoms with Crippen LogP contribution in [0.5, 0.6) is 0 Å². The van der Waals surface area contributed by atoms with Gasteiger partial charge in [-0.05, 0) is 0 Å².